The average molecular weight is 393 g/mol. The van der Waals surface area contributed by atoms with Crippen LogP contribution in [0.5, 0.6) is 11.5 Å². The van der Waals surface area contributed by atoms with Crippen molar-refractivity contribution in [2.75, 3.05) is 47.1 Å². The van der Waals surface area contributed by atoms with Crippen LogP contribution in [0, 0.1) is 0 Å². The lowest BCUT2D eigenvalue weighted by Gasteiger charge is -2.35. The van der Waals surface area contributed by atoms with E-state index in [9.17, 15) is 9.59 Å². The van der Waals surface area contributed by atoms with Gasteiger partial charge >= 0.3 is 0 Å². The minimum Gasteiger partial charge on any atom is -0.493 e. The van der Waals surface area contributed by atoms with E-state index in [4.69, 9.17) is 14.2 Å². The summed E-state index contributed by atoms with van der Waals surface area (Å²) in [5.74, 6) is 1.03. The monoisotopic (exact) mass is 393 g/mol. The lowest BCUT2D eigenvalue weighted by molar-refractivity contribution is -0.134. The highest BCUT2D eigenvalue weighted by atomic mass is 16.5. The Labute approximate surface area is 166 Å². The average Bonchev–Trinajstić information content (AvgIpc) is 2.70. The van der Waals surface area contributed by atoms with Crippen LogP contribution in [0.1, 0.15) is 25.3 Å². The van der Waals surface area contributed by atoms with Gasteiger partial charge in [-0.1, -0.05) is 12.1 Å². The number of hydrogen-bond donors (Lipinski definition) is 2. The first kappa shape index (κ1) is 22.0. The first-order valence-corrected chi connectivity index (χ1v) is 9.66. The number of amides is 2. The Hall–Kier alpha value is -2.32. The molecule has 0 spiro atoms. The topological polar surface area (TPSA) is 89.1 Å². The highest BCUT2D eigenvalue weighted by Gasteiger charge is 2.32. The molecule has 8 heteroatoms. The van der Waals surface area contributed by atoms with Crippen molar-refractivity contribution in [3.8, 4) is 11.5 Å². The molecule has 1 aromatic rings. The third-order valence-corrected chi connectivity index (χ3v) is 4.67. The van der Waals surface area contributed by atoms with Gasteiger partial charge in [0.15, 0.2) is 11.5 Å². The largest absolute Gasteiger partial charge is 0.493 e. The van der Waals surface area contributed by atoms with Crippen LogP contribution in [0.4, 0.5) is 0 Å². The van der Waals surface area contributed by atoms with E-state index < -0.39 is 6.04 Å². The zero-order chi connectivity index (χ0) is 20.4. The molecule has 0 aliphatic carbocycles. The number of piperazine rings is 1. The zero-order valence-electron chi connectivity index (χ0n) is 17.0. The van der Waals surface area contributed by atoms with Crippen molar-refractivity contribution in [1.82, 2.24) is 15.5 Å². The number of carbonyl (C=O) groups excluding carboxylic acids is 2. The molecule has 0 radical (unpaired) electrons. The number of methoxy groups -OCH3 is 2. The van der Waals surface area contributed by atoms with E-state index in [0.717, 1.165) is 12.0 Å². The number of benzene rings is 1. The van der Waals surface area contributed by atoms with E-state index in [-0.39, 0.29) is 18.2 Å². The van der Waals surface area contributed by atoms with Gasteiger partial charge in [-0.3, -0.25) is 14.5 Å². The van der Waals surface area contributed by atoms with Crippen LogP contribution in [-0.2, 0) is 20.9 Å². The van der Waals surface area contributed by atoms with Crippen molar-refractivity contribution in [2.24, 2.45) is 0 Å². The van der Waals surface area contributed by atoms with Crippen LogP contribution in [0.25, 0.3) is 0 Å². The number of ether oxygens (including phenoxy) is 3. The van der Waals surface area contributed by atoms with Gasteiger partial charge < -0.3 is 24.8 Å². The number of carbonyl (C=O) groups is 2. The predicted molar refractivity (Wildman–Crippen MR) is 105 cm³/mol. The standard InChI is InChI=1S/C20H31N3O5/c1-4-28-12-6-9-21-18(24)13-16-20(25)22-10-11-23(16)14-15-7-5-8-17(26-2)19(15)27-3/h5,7-8,16H,4,6,9-14H2,1-3H3,(H,21,24)(H,22,25)/t16-/m1/s1. The highest BCUT2D eigenvalue weighted by Crippen LogP contribution is 2.32. The van der Waals surface area contributed by atoms with Crippen LogP contribution in [0.15, 0.2) is 18.2 Å². The summed E-state index contributed by atoms with van der Waals surface area (Å²) >= 11 is 0. The van der Waals surface area contributed by atoms with Gasteiger partial charge in [-0.2, -0.15) is 0 Å². The van der Waals surface area contributed by atoms with E-state index >= 15 is 0 Å². The Balaban J connectivity index is 2.00. The fraction of sp³-hybridized carbons (Fsp3) is 0.600. The maximum Gasteiger partial charge on any atom is 0.237 e. The maximum atomic E-state index is 12.4. The van der Waals surface area contributed by atoms with Gasteiger partial charge in [-0.25, -0.2) is 0 Å². The van der Waals surface area contributed by atoms with Crippen LogP contribution in [0.2, 0.25) is 0 Å². The zero-order valence-corrected chi connectivity index (χ0v) is 17.0. The minimum atomic E-state index is -0.517. The summed E-state index contributed by atoms with van der Waals surface area (Å²) in [6.45, 7) is 5.46. The third-order valence-electron chi connectivity index (χ3n) is 4.67. The molecule has 8 nitrogen and oxygen atoms in total. The maximum absolute atomic E-state index is 12.4. The molecule has 2 rings (SSSR count). The Morgan fingerprint density at radius 2 is 2.14 bits per heavy atom. The number of nitrogens with one attached hydrogen (secondary N) is 2. The Morgan fingerprint density at radius 1 is 1.32 bits per heavy atom. The summed E-state index contributed by atoms with van der Waals surface area (Å²) in [6, 6.07) is 5.15. The van der Waals surface area contributed by atoms with Gasteiger partial charge in [-0.05, 0) is 19.4 Å². The first-order valence-electron chi connectivity index (χ1n) is 9.66. The van der Waals surface area contributed by atoms with E-state index in [1.807, 2.05) is 30.0 Å². The van der Waals surface area contributed by atoms with Gasteiger partial charge in [0.25, 0.3) is 0 Å². The Bertz CT molecular complexity index is 653. The second-order valence-electron chi connectivity index (χ2n) is 6.53. The quantitative estimate of drug-likeness (QED) is 0.544. The summed E-state index contributed by atoms with van der Waals surface area (Å²) < 4.78 is 16.1. The fourth-order valence-electron chi connectivity index (χ4n) is 3.26. The van der Waals surface area contributed by atoms with Crippen molar-refractivity contribution in [3.05, 3.63) is 23.8 Å². The van der Waals surface area contributed by atoms with Crippen LogP contribution < -0.4 is 20.1 Å². The SMILES string of the molecule is CCOCCCNC(=O)C[C@@H]1C(=O)NCCN1Cc1cccc(OC)c1OC. The number of nitrogens with zero attached hydrogens (tertiary/aromatic N) is 1. The van der Waals surface area contributed by atoms with E-state index in [1.54, 1.807) is 14.2 Å². The number of hydrogen-bond acceptors (Lipinski definition) is 6. The fourth-order valence-corrected chi connectivity index (χ4v) is 3.26. The summed E-state index contributed by atoms with van der Waals surface area (Å²) in [6.07, 6.45) is 0.869. The van der Waals surface area contributed by atoms with Gasteiger partial charge in [0.1, 0.15) is 0 Å². The molecule has 0 aromatic heterocycles. The first-order chi connectivity index (χ1) is 13.6. The lowest BCUT2D eigenvalue weighted by Crippen LogP contribution is -2.56. The molecule has 156 valence electrons. The van der Waals surface area contributed by atoms with Crippen molar-refractivity contribution in [1.29, 1.82) is 0 Å². The van der Waals surface area contributed by atoms with Gasteiger partial charge in [0, 0.05) is 45.0 Å². The number of para-hydroxylation sites is 1. The molecule has 2 N–H and O–H groups in total. The van der Waals surface area contributed by atoms with E-state index in [0.29, 0.717) is 50.9 Å². The molecule has 2 amide bonds. The second kappa shape index (κ2) is 11.5. The Kier molecular flexibility index (Phi) is 9.03. The van der Waals surface area contributed by atoms with Gasteiger partial charge in [0.05, 0.1) is 26.7 Å². The molecule has 0 unspecified atom stereocenters. The molecule has 0 bridgehead atoms. The minimum absolute atomic E-state index is 0.118. The van der Waals surface area contributed by atoms with Crippen LogP contribution >= 0.6 is 0 Å². The smallest absolute Gasteiger partial charge is 0.237 e. The molecule has 1 saturated heterocycles. The molecule has 1 fully saturated rings. The molecule has 1 aromatic carbocycles. The highest BCUT2D eigenvalue weighted by molar-refractivity contribution is 5.88. The summed E-state index contributed by atoms with van der Waals surface area (Å²) in [7, 11) is 3.19. The molecule has 1 atom stereocenters. The van der Waals surface area contributed by atoms with Crippen LogP contribution in [0.3, 0.4) is 0 Å². The molecule has 28 heavy (non-hydrogen) atoms. The van der Waals surface area contributed by atoms with Crippen molar-refractivity contribution < 1.29 is 23.8 Å². The number of rotatable bonds is 11. The third kappa shape index (κ3) is 6.10. The molecule has 1 heterocycles. The Morgan fingerprint density at radius 3 is 2.86 bits per heavy atom. The van der Waals surface area contributed by atoms with Gasteiger partial charge in [-0.15, -0.1) is 0 Å². The van der Waals surface area contributed by atoms with E-state index in [2.05, 4.69) is 10.6 Å². The van der Waals surface area contributed by atoms with Crippen molar-refractivity contribution >= 4 is 11.8 Å². The summed E-state index contributed by atoms with van der Waals surface area (Å²) in [4.78, 5) is 26.7. The second-order valence-corrected chi connectivity index (χ2v) is 6.53. The van der Waals surface area contributed by atoms with Crippen molar-refractivity contribution in [2.45, 2.75) is 32.4 Å². The van der Waals surface area contributed by atoms with Gasteiger partial charge in [0.2, 0.25) is 11.8 Å². The summed E-state index contributed by atoms with van der Waals surface area (Å²) in [5, 5.41) is 5.72. The predicted octanol–water partition coefficient (Wildman–Crippen LogP) is 0.937. The molecular formula is C20H31N3O5. The molecule has 0 saturated carbocycles. The van der Waals surface area contributed by atoms with E-state index in [1.165, 1.54) is 0 Å². The molecule has 1 aliphatic heterocycles. The molecular weight excluding hydrogens is 362 g/mol. The normalized spacial score (nSPS) is 17.1. The lowest BCUT2D eigenvalue weighted by atomic mass is 10.1. The van der Waals surface area contributed by atoms with Crippen LogP contribution in [-0.4, -0.2) is 69.8 Å². The van der Waals surface area contributed by atoms with Crippen molar-refractivity contribution in [3.63, 3.8) is 0 Å². The molecule has 1 aliphatic rings. The summed E-state index contributed by atoms with van der Waals surface area (Å²) in [5.41, 5.74) is 0.915.